The van der Waals surface area contributed by atoms with Crippen molar-refractivity contribution in [3.8, 4) is 5.75 Å². The van der Waals surface area contributed by atoms with Gasteiger partial charge in [-0.05, 0) is 45.2 Å². The molecule has 0 bridgehead atoms. The molecule has 0 spiro atoms. The van der Waals surface area contributed by atoms with E-state index in [0.717, 1.165) is 37.9 Å². The van der Waals surface area contributed by atoms with Crippen molar-refractivity contribution in [3.63, 3.8) is 0 Å². The van der Waals surface area contributed by atoms with Gasteiger partial charge in [0.15, 0.2) is 0 Å². The maximum absolute atomic E-state index is 13.0. The molecule has 188 valence electrons. The predicted molar refractivity (Wildman–Crippen MR) is 128 cm³/mol. The molecule has 1 aliphatic rings. The molecule has 0 N–H and O–H groups in total. The fraction of sp³-hybridized carbons (Fsp3) is 0.667. The van der Waals surface area contributed by atoms with Crippen LogP contribution in [0.2, 0.25) is 0 Å². The van der Waals surface area contributed by atoms with Crippen molar-refractivity contribution >= 4 is 17.3 Å². The number of alkyl halides is 3. The molecular formula is C24H39F3N4O2. The molecule has 1 aromatic rings. The Morgan fingerprint density at radius 3 is 2.21 bits per heavy atom. The molecule has 1 aromatic carbocycles. The highest BCUT2D eigenvalue weighted by Gasteiger charge is 2.24. The van der Waals surface area contributed by atoms with Crippen LogP contribution >= 0.6 is 0 Å². The van der Waals surface area contributed by atoms with Crippen LogP contribution in [0, 0.1) is 0 Å². The number of piperazine rings is 1. The van der Waals surface area contributed by atoms with E-state index in [1.165, 1.54) is 5.56 Å². The molecule has 1 heterocycles. The van der Waals surface area contributed by atoms with Gasteiger partial charge in [-0.3, -0.25) is 9.80 Å². The number of nitrogens with zero attached hydrogens (tertiary/aromatic N) is 4. The molecule has 0 radical (unpaired) electrons. The van der Waals surface area contributed by atoms with Gasteiger partial charge in [-0.2, -0.15) is 5.10 Å². The highest BCUT2D eigenvalue weighted by molar-refractivity contribution is 5.85. The number of hydrogen-bond donors (Lipinski definition) is 0. The quantitative estimate of drug-likeness (QED) is 0.389. The largest absolute Gasteiger partial charge is 0.496 e. The Morgan fingerprint density at radius 2 is 1.76 bits per heavy atom. The van der Waals surface area contributed by atoms with Crippen LogP contribution in [-0.4, -0.2) is 80.5 Å². The number of benzene rings is 1. The summed E-state index contributed by atoms with van der Waals surface area (Å²) < 4.78 is 39.2. The fourth-order valence-electron chi connectivity index (χ4n) is 3.38. The SMILES string of the molecule is CC(F)F.CC/C(CF)=N\N(CC(=O)N1CCN(c2ccc(CC)c(OC)c2)CC1)C(C)C. The van der Waals surface area contributed by atoms with E-state index >= 15 is 0 Å². The topological polar surface area (TPSA) is 48.4 Å². The van der Waals surface area contributed by atoms with Crippen molar-refractivity contribution < 1.29 is 22.7 Å². The number of anilines is 1. The smallest absolute Gasteiger partial charge is 0.243 e. The molecule has 1 saturated heterocycles. The van der Waals surface area contributed by atoms with Crippen LogP contribution in [0.25, 0.3) is 0 Å². The van der Waals surface area contributed by atoms with Gasteiger partial charge in [-0.1, -0.05) is 19.9 Å². The highest BCUT2D eigenvalue weighted by Crippen LogP contribution is 2.27. The monoisotopic (exact) mass is 472 g/mol. The standard InChI is InChI=1S/C22H35FN4O2.C2H4F2/c1-6-18-8-9-20(14-21(18)29-5)25-10-12-26(13-11-25)22(28)16-27(17(3)4)24-19(7-2)15-23;1-2(3)4/h8-9,14,17H,6-7,10-13,15-16H2,1-5H3;2H,1H3/b24-19+;. The van der Waals surface area contributed by atoms with Crippen LogP contribution in [0.5, 0.6) is 5.75 Å². The first kappa shape index (κ1) is 28.6. The number of carbonyl (C=O) groups excluding carboxylic acids is 1. The molecule has 0 unspecified atom stereocenters. The Bertz CT molecular complexity index is 742. The molecule has 0 atom stereocenters. The highest BCUT2D eigenvalue weighted by atomic mass is 19.3. The Morgan fingerprint density at radius 1 is 1.15 bits per heavy atom. The Hall–Kier alpha value is -2.45. The van der Waals surface area contributed by atoms with Gasteiger partial charge in [0.1, 0.15) is 19.0 Å². The summed E-state index contributed by atoms with van der Waals surface area (Å²) in [5.74, 6) is 0.948. The number of carbonyl (C=O) groups is 1. The third kappa shape index (κ3) is 9.52. The molecule has 0 aliphatic carbocycles. The molecular weight excluding hydrogens is 433 g/mol. The summed E-state index contributed by atoms with van der Waals surface area (Å²) in [6, 6.07) is 6.35. The first-order valence-electron chi connectivity index (χ1n) is 11.5. The first-order chi connectivity index (χ1) is 15.7. The molecule has 0 aromatic heterocycles. The second-order valence-electron chi connectivity index (χ2n) is 8.08. The van der Waals surface area contributed by atoms with E-state index in [2.05, 4.69) is 35.1 Å². The third-order valence-corrected chi connectivity index (χ3v) is 5.37. The molecule has 0 saturated carbocycles. The number of amides is 1. The van der Waals surface area contributed by atoms with E-state index in [9.17, 15) is 18.0 Å². The van der Waals surface area contributed by atoms with E-state index < -0.39 is 13.1 Å². The van der Waals surface area contributed by atoms with Crippen LogP contribution in [0.15, 0.2) is 23.3 Å². The van der Waals surface area contributed by atoms with Gasteiger partial charge in [-0.25, -0.2) is 13.2 Å². The van der Waals surface area contributed by atoms with Crippen LogP contribution in [0.1, 0.15) is 46.6 Å². The van der Waals surface area contributed by atoms with Crippen molar-refractivity contribution in [1.82, 2.24) is 9.91 Å². The molecule has 2 rings (SSSR count). The van der Waals surface area contributed by atoms with Gasteiger partial charge in [0.25, 0.3) is 0 Å². The second-order valence-corrected chi connectivity index (χ2v) is 8.08. The zero-order valence-corrected chi connectivity index (χ0v) is 20.8. The summed E-state index contributed by atoms with van der Waals surface area (Å²) >= 11 is 0. The average molecular weight is 473 g/mol. The first-order valence-corrected chi connectivity index (χ1v) is 11.5. The number of hydrazone groups is 1. The summed E-state index contributed by atoms with van der Waals surface area (Å²) in [6.45, 7) is 11.2. The lowest BCUT2D eigenvalue weighted by Crippen LogP contribution is -2.51. The maximum atomic E-state index is 13.0. The zero-order valence-electron chi connectivity index (χ0n) is 20.8. The van der Waals surface area contributed by atoms with E-state index in [4.69, 9.17) is 4.74 Å². The molecule has 1 amide bonds. The fourth-order valence-corrected chi connectivity index (χ4v) is 3.38. The minimum absolute atomic E-state index is 0.0373. The van der Waals surface area contributed by atoms with E-state index in [1.54, 1.807) is 12.1 Å². The lowest BCUT2D eigenvalue weighted by atomic mass is 10.1. The van der Waals surface area contributed by atoms with Gasteiger partial charge in [-0.15, -0.1) is 0 Å². The summed E-state index contributed by atoms with van der Waals surface area (Å²) in [6.07, 6.45) is -0.685. The van der Waals surface area contributed by atoms with Crippen molar-refractivity contribution in [1.29, 1.82) is 0 Å². The number of hydrogen-bond acceptors (Lipinski definition) is 5. The van der Waals surface area contributed by atoms with Crippen LogP contribution in [0.3, 0.4) is 0 Å². The number of ether oxygens (including phenoxy) is 1. The summed E-state index contributed by atoms with van der Waals surface area (Å²) in [5.41, 5.74) is 2.79. The van der Waals surface area contributed by atoms with Crippen LogP contribution in [-0.2, 0) is 11.2 Å². The van der Waals surface area contributed by atoms with Crippen molar-refractivity contribution in [2.24, 2.45) is 5.10 Å². The maximum Gasteiger partial charge on any atom is 0.243 e. The van der Waals surface area contributed by atoms with Crippen LogP contribution in [0.4, 0.5) is 18.9 Å². The molecule has 1 aliphatic heterocycles. The summed E-state index contributed by atoms with van der Waals surface area (Å²) in [4.78, 5) is 16.9. The van der Waals surface area contributed by atoms with Crippen molar-refractivity contribution in [2.45, 2.75) is 59.9 Å². The van der Waals surface area contributed by atoms with E-state index in [0.29, 0.717) is 25.2 Å². The normalized spacial score (nSPS) is 14.3. The van der Waals surface area contributed by atoms with Crippen molar-refractivity contribution in [3.05, 3.63) is 23.8 Å². The van der Waals surface area contributed by atoms with Gasteiger partial charge in [0, 0.05) is 44.0 Å². The Balaban J connectivity index is 0.00000125. The molecule has 33 heavy (non-hydrogen) atoms. The summed E-state index contributed by atoms with van der Waals surface area (Å²) in [5, 5.41) is 6.04. The lowest BCUT2D eigenvalue weighted by molar-refractivity contribution is -0.133. The van der Waals surface area contributed by atoms with E-state index in [1.807, 2.05) is 25.7 Å². The number of rotatable bonds is 9. The van der Waals surface area contributed by atoms with E-state index in [-0.39, 0.29) is 18.5 Å². The minimum atomic E-state index is -2.17. The van der Waals surface area contributed by atoms with Crippen molar-refractivity contribution in [2.75, 3.05) is 51.4 Å². The zero-order chi connectivity index (χ0) is 25.0. The number of aryl methyl sites for hydroxylation is 1. The average Bonchev–Trinajstić information content (AvgIpc) is 2.80. The van der Waals surface area contributed by atoms with Gasteiger partial charge in [0.05, 0.1) is 12.8 Å². The minimum Gasteiger partial charge on any atom is -0.496 e. The third-order valence-electron chi connectivity index (χ3n) is 5.37. The van der Waals surface area contributed by atoms with Gasteiger partial charge in [0.2, 0.25) is 12.3 Å². The predicted octanol–water partition coefficient (Wildman–Crippen LogP) is 4.62. The lowest BCUT2D eigenvalue weighted by Gasteiger charge is -2.37. The number of methoxy groups -OCH3 is 1. The Kier molecular flexibility index (Phi) is 12.7. The van der Waals surface area contributed by atoms with Gasteiger partial charge >= 0.3 is 0 Å². The molecule has 9 heteroatoms. The number of halogens is 3. The summed E-state index contributed by atoms with van der Waals surface area (Å²) in [7, 11) is 1.70. The molecule has 1 fully saturated rings. The Labute approximate surface area is 196 Å². The van der Waals surface area contributed by atoms with Gasteiger partial charge < -0.3 is 14.5 Å². The van der Waals surface area contributed by atoms with Crippen LogP contribution < -0.4 is 9.64 Å². The second kappa shape index (κ2) is 14.6. The molecule has 6 nitrogen and oxygen atoms in total.